The van der Waals surface area contributed by atoms with Crippen LogP contribution >= 0.6 is 0 Å². The monoisotopic (exact) mass is 396 g/mol. The third-order valence-electron chi connectivity index (χ3n) is 5.04. The van der Waals surface area contributed by atoms with Gasteiger partial charge >= 0.3 is 11.9 Å². The molecule has 0 aromatic carbocycles. The van der Waals surface area contributed by atoms with Crippen molar-refractivity contribution >= 4 is 11.9 Å². The maximum Gasteiger partial charge on any atom is 0.307 e. The topological polar surface area (TPSA) is 63.6 Å². The van der Waals surface area contributed by atoms with Gasteiger partial charge in [-0.05, 0) is 38.5 Å². The van der Waals surface area contributed by atoms with Crippen molar-refractivity contribution in [3.63, 3.8) is 0 Å². The highest BCUT2D eigenvalue weighted by Crippen LogP contribution is 2.17. The van der Waals surface area contributed by atoms with Crippen LogP contribution in [0.4, 0.5) is 0 Å². The van der Waals surface area contributed by atoms with Gasteiger partial charge in [0.2, 0.25) is 0 Å². The molecule has 0 radical (unpaired) electrons. The van der Waals surface area contributed by atoms with Crippen molar-refractivity contribution in [1.29, 1.82) is 0 Å². The summed E-state index contributed by atoms with van der Waals surface area (Å²) in [5.41, 5.74) is 0. The van der Waals surface area contributed by atoms with Gasteiger partial charge in [0.15, 0.2) is 0 Å². The molecule has 0 saturated heterocycles. The predicted octanol–water partition coefficient (Wildman–Crippen LogP) is 7.07. The zero-order valence-corrected chi connectivity index (χ0v) is 18.4. The summed E-state index contributed by atoms with van der Waals surface area (Å²) in [5.74, 6) is -1.87. The number of carbonyl (C=O) groups excluding carboxylic acids is 1. The average molecular weight is 397 g/mol. The molecule has 28 heavy (non-hydrogen) atoms. The second kappa shape index (κ2) is 20.4. The summed E-state index contributed by atoms with van der Waals surface area (Å²) in [5, 5.41) is 9.25. The van der Waals surface area contributed by atoms with E-state index in [4.69, 9.17) is 4.74 Å². The molecule has 0 aliphatic carbocycles. The predicted molar refractivity (Wildman–Crippen MR) is 116 cm³/mol. The molecule has 0 aliphatic heterocycles. The lowest BCUT2D eigenvalue weighted by molar-refractivity contribution is -0.151. The van der Waals surface area contributed by atoms with E-state index in [1.807, 2.05) is 6.92 Å². The van der Waals surface area contributed by atoms with Crippen molar-refractivity contribution in [2.24, 2.45) is 5.92 Å². The number of ether oxygens (including phenoxy) is 1. The van der Waals surface area contributed by atoms with Gasteiger partial charge in [0, 0.05) is 0 Å². The standard InChI is InChI=1S/C24H44O4/c1-3-5-6-7-8-9-10-11-12-13-14-15-16-17-18-19-22(24(26)27)21-23(25)28-20-4-2/h9-10,22H,3-8,11-21H2,1-2H3,(H,26,27)/b10-9+. The Morgan fingerprint density at radius 3 is 1.86 bits per heavy atom. The van der Waals surface area contributed by atoms with Crippen molar-refractivity contribution in [3.05, 3.63) is 12.2 Å². The lowest BCUT2D eigenvalue weighted by atomic mass is 9.97. The fourth-order valence-electron chi connectivity index (χ4n) is 3.25. The first-order valence-electron chi connectivity index (χ1n) is 11.6. The summed E-state index contributed by atoms with van der Waals surface area (Å²) >= 11 is 0. The molecule has 1 unspecified atom stereocenters. The Labute approximate surface area is 173 Å². The Morgan fingerprint density at radius 2 is 1.32 bits per heavy atom. The van der Waals surface area contributed by atoms with Crippen LogP contribution in [0.2, 0.25) is 0 Å². The molecule has 0 aromatic heterocycles. The van der Waals surface area contributed by atoms with Crippen LogP contribution < -0.4 is 0 Å². The molecule has 0 aliphatic rings. The molecule has 0 amide bonds. The maximum atomic E-state index is 11.6. The van der Waals surface area contributed by atoms with E-state index < -0.39 is 11.9 Å². The van der Waals surface area contributed by atoms with E-state index in [0.29, 0.717) is 13.0 Å². The van der Waals surface area contributed by atoms with E-state index >= 15 is 0 Å². The molecule has 0 bridgehead atoms. The van der Waals surface area contributed by atoms with Gasteiger partial charge in [-0.3, -0.25) is 9.59 Å². The first-order chi connectivity index (χ1) is 13.6. The van der Waals surface area contributed by atoms with Crippen LogP contribution in [0.5, 0.6) is 0 Å². The summed E-state index contributed by atoms with van der Waals surface area (Å²) in [7, 11) is 0. The highest BCUT2D eigenvalue weighted by molar-refractivity contribution is 5.78. The third-order valence-corrected chi connectivity index (χ3v) is 5.04. The summed E-state index contributed by atoms with van der Waals surface area (Å²) in [6.45, 7) is 4.55. The van der Waals surface area contributed by atoms with Gasteiger partial charge in [-0.25, -0.2) is 0 Å². The van der Waals surface area contributed by atoms with E-state index in [-0.39, 0.29) is 12.4 Å². The number of carbonyl (C=O) groups is 2. The number of hydrogen-bond donors (Lipinski definition) is 1. The number of esters is 1. The zero-order chi connectivity index (χ0) is 20.9. The molecule has 0 fully saturated rings. The lowest BCUT2D eigenvalue weighted by Crippen LogP contribution is -2.19. The first-order valence-corrected chi connectivity index (χ1v) is 11.6. The molecule has 4 heteroatoms. The summed E-state index contributed by atoms with van der Waals surface area (Å²) in [6.07, 6.45) is 21.9. The number of rotatable bonds is 20. The van der Waals surface area contributed by atoms with Crippen LogP contribution in [-0.4, -0.2) is 23.7 Å². The van der Waals surface area contributed by atoms with Crippen LogP contribution in [0.15, 0.2) is 12.2 Å². The minimum atomic E-state index is -0.883. The van der Waals surface area contributed by atoms with Crippen LogP contribution in [-0.2, 0) is 14.3 Å². The Hall–Kier alpha value is -1.32. The van der Waals surface area contributed by atoms with Gasteiger partial charge in [0.1, 0.15) is 0 Å². The van der Waals surface area contributed by atoms with Crippen LogP contribution in [0.25, 0.3) is 0 Å². The van der Waals surface area contributed by atoms with Crippen molar-refractivity contribution in [2.45, 2.75) is 117 Å². The molecule has 0 aromatic rings. The lowest BCUT2D eigenvalue weighted by Gasteiger charge is -2.11. The van der Waals surface area contributed by atoms with E-state index in [1.54, 1.807) is 0 Å². The first kappa shape index (κ1) is 26.7. The molecule has 4 nitrogen and oxygen atoms in total. The largest absolute Gasteiger partial charge is 0.481 e. The number of carboxylic acid groups (broad SMARTS) is 1. The second-order valence-electron chi connectivity index (χ2n) is 7.83. The normalized spacial score (nSPS) is 12.4. The van der Waals surface area contributed by atoms with Crippen molar-refractivity contribution in [1.82, 2.24) is 0 Å². The molecule has 0 saturated carbocycles. The quantitative estimate of drug-likeness (QED) is 0.136. The number of hydrogen-bond acceptors (Lipinski definition) is 3. The number of aliphatic carboxylic acids is 1. The summed E-state index contributed by atoms with van der Waals surface area (Å²) in [4.78, 5) is 22.9. The van der Waals surface area contributed by atoms with Gasteiger partial charge in [-0.1, -0.05) is 83.8 Å². The van der Waals surface area contributed by atoms with E-state index in [2.05, 4.69) is 19.1 Å². The fraction of sp³-hybridized carbons (Fsp3) is 0.833. The Balaban J connectivity index is 3.52. The maximum absolute atomic E-state index is 11.6. The Morgan fingerprint density at radius 1 is 0.786 bits per heavy atom. The SMILES string of the molecule is CCCCCC/C=C/CCCCCCCCCC(CC(=O)OCCC)C(=O)O. The van der Waals surface area contributed by atoms with Gasteiger partial charge in [0.05, 0.1) is 18.9 Å². The average Bonchev–Trinajstić information content (AvgIpc) is 2.68. The van der Waals surface area contributed by atoms with Crippen LogP contribution in [0, 0.1) is 5.92 Å². The van der Waals surface area contributed by atoms with Gasteiger partial charge in [-0.2, -0.15) is 0 Å². The molecule has 0 spiro atoms. The molecule has 0 heterocycles. The Kier molecular flexibility index (Phi) is 19.5. The fourth-order valence-corrected chi connectivity index (χ4v) is 3.25. The van der Waals surface area contributed by atoms with E-state index in [1.165, 1.54) is 64.2 Å². The smallest absolute Gasteiger partial charge is 0.307 e. The van der Waals surface area contributed by atoms with Gasteiger partial charge < -0.3 is 9.84 Å². The molecule has 1 atom stereocenters. The molecular formula is C24H44O4. The molecule has 0 rings (SSSR count). The van der Waals surface area contributed by atoms with Gasteiger partial charge in [0.25, 0.3) is 0 Å². The summed E-state index contributed by atoms with van der Waals surface area (Å²) < 4.78 is 4.99. The van der Waals surface area contributed by atoms with E-state index in [0.717, 1.165) is 25.7 Å². The molecular weight excluding hydrogens is 352 g/mol. The van der Waals surface area contributed by atoms with Crippen molar-refractivity contribution in [2.75, 3.05) is 6.61 Å². The number of unbranched alkanes of at least 4 members (excludes halogenated alkanes) is 11. The summed E-state index contributed by atoms with van der Waals surface area (Å²) in [6, 6.07) is 0. The minimum Gasteiger partial charge on any atom is -0.481 e. The highest BCUT2D eigenvalue weighted by Gasteiger charge is 2.21. The third kappa shape index (κ3) is 18.1. The Bertz CT molecular complexity index is 403. The molecule has 1 N–H and O–H groups in total. The van der Waals surface area contributed by atoms with Crippen LogP contribution in [0.3, 0.4) is 0 Å². The minimum absolute atomic E-state index is 0.00144. The van der Waals surface area contributed by atoms with E-state index in [9.17, 15) is 14.7 Å². The highest BCUT2D eigenvalue weighted by atomic mass is 16.5. The van der Waals surface area contributed by atoms with Crippen molar-refractivity contribution < 1.29 is 19.4 Å². The van der Waals surface area contributed by atoms with Gasteiger partial charge in [-0.15, -0.1) is 0 Å². The number of allylic oxidation sites excluding steroid dienone is 2. The number of carboxylic acids is 1. The molecule has 164 valence electrons. The zero-order valence-electron chi connectivity index (χ0n) is 18.4. The van der Waals surface area contributed by atoms with Crippen LogP contribution in [0.1, 0.15) is 117 Å². The second-order valence-corrected chi connectivity index (χ2v) is 7.83. The van der Waals surface area contributed by atoms with Crippen molar-refractivity contribution in [3.8, 4) is 0 Å².